The smallest absolute Gasteiger partial charge is 0.194 e. The average molecular weight is 317 g/mol. The third-order valence-corrected chi connectivity index (χ3v) is 4.60. The summed E-state index contributed by atoms with van der Waals surface area (Å²) in [5.74, 6) is 1.42. The van der Waals surface area contributed by atoms with Gasteiger partial charge >= 0.3 is 0 Å². The molecule has 0 aliphatic rings. The fraction of sp³-hybridized carbons (Fsp3) is 0.312. The summed E-state index contributed by atoms with van der Waals surface area (Å²) >= 11 is 1.64. The molecule has 3 aromatic rings. The Hall–Kier alpha value is -2.05. The predicted molar refractivity (Wildman–Crippen MR) is 89.1 cm³/mol. The highest BCUT2D eigenvalue weighted by Gasteiger charge is 2.16. The number of imidazole rings is 1. The summed E-state index contributed by atoms with van der Waals surface area (Å²) in [6, 6.07) is 5.87. The zero-order valence-electron chi connectivity index (χ0n) is 12.9. The van der Waals surface area contributed by atoms with Crippen molar-refractivity contribution in [1.82, 2.24) is 9.38 Å². The Labute approximate surface area is 133 Å². The van der Waals surface area contributed by atoms with Crippen molar-refractivity contribution in [3.8, 4) is 22.8 Å². The van der Waals surface area contributed by atoms with Crippen LogP contribution in [0.2, 0.25) is 0 Å². The summed E-state index contributed by atoms with van der Waals surface area (Å²) in [4.78, 5) is 5.75. The van der Waals surface area contributed by atoms with E-state index in [4.69, 9.17) is 20.2 Å². The number of fused-ring (bicyclic) bond motifs is 1. The second-order valence-electron chi connectivity index (χ2n) is 5.00. The molecule has 0 saturated heterocycles. The van der Waals surface area contributed by atoms with E-state index in [1.54, 1.807) is 25.6 Å². The van der Waals surface area contributed by atoms with Gasteiger partial charge in [0.25, 0.3) is 0 Å². The normalized spacial score (nSPS) is 11.1. The number of nitrogens with zero attached hydrogens (tertiary/aromatic N) is 2. The van der Waals surface area contributed by atoms with Crippen molar-refractivity contribution in [2.24, 2.45) is 5.73 Å². The van der Waals surface area contributed by atoms with E-state index in [-0.39, 0.29) is 0 Å². The van der Waals surface area contributed by atoms with Crippen LogP contribution in [0.4, 0.5) is 0 Å². The van der Waals surface area contributed by atoms with Crippen LogP contribution in [-0.4, -0.2) is 30.1 Å². The summed E-state index contributed by atoms with van der Waals surface area (Å²) in [5.41, 5.74) is 10.00. The molecule has 0 saturated carbocycles. The van der Waals surface area contributed by atoms with Crippen LogP contribution in [0.15, 0.2) is 23.6 Å². The van der Waals surface area contributed by atoms with Gasteiger partial charge in [-0.1, -0.05) is 0 Å². The van der Waals surface area contributed by atoms with Crippen molar-refractivity contribution in [2.45, 2.75) is 13.3 Å². The maximum absolute atomic E-state index is 5.69. The SMILES string of the molecule is COc1ccc(-c2nc3scc(CCN)n3c2C)cc1OC. The van der Waals surface area contributed by atoms with Crippen LogP contribution < -0.4 is 15.2 Å². The molecule has 0 aliphatic heterocycles. The van der Waals surface area contributed by atoms with E-state index in [0.29, 0.717) is 18.0 Å². The van der Waals surface area contributed by atoms with E-state index >= 15 is 0 Å². The van der Waals surface area contributed by atoms with Crippen molar-refractivity contribution in [2.75, 3.05) is 20.8 Å². The quantitative estimate of drug-likeness (QED) is 0.786. The minimum atomic E-state index is 0.634. The zero-order valence-corrected chi connectivity index (χ0v) is 13.7. The van der Waals surface area contributed by atoms with Gasteiger partial charge in [0.1, 0.15) is 0 Å². The summed E-state index contributed by atoms with van der Waals surface area (Å²) in [7, 11) is 3.27. The molecule has 0 bridgehead atoms. The van der Waals surface area contributed by atoms with Crippen molar-refractivity contribution >= 4 is 16.3 Å². The van der Waals surface area contributed by atoms with Gasteiger partial charge in [-0.15, -0.1) is 11.3 Å². The Morgan fingerprint density at radius 3 is 2.68 bits per heavy atom. The van der Waals surface area contributed by atoms with E-state index < -0.39 is 0 Å². The van der Waals surface area contributed by atoms with E-state index in [0.717, 1.165) is 28.3 Å². The van der Waals surface area contributed by atoms with Crippen LogP contribution >= 0.6 is 11.3 Å². The third-order valence-electron chi connectivity index (χ3n) is 3.72. The first kappa shape index (κ1) is 14.9. The second kappa shape index (κ2) is 5.98. The van der Waals surface area contributed by atoms with Crippen LogP contribution in [0, 0.1) is 6.92 Å². The number of hydrogen-bond donors (Lipinski definition) is 1. The molecule has 0 fully saturated rings. The van der Waals surface area contributed by atoms with Crippen molar-refractivity contribution in [3.63, 3.8) is 0 Å². The molecule has 5 nitrogen and oxygen atoms in total. The van der Waals surface area contributed by atoms with Gasteiger partial charge in [0.05, 0.1) is 19.9 Å². The first-order chi connectivity index (χ1) is 10.7. The topological polar surface area (TPSA) is 61.8 Å². The molecule has 2 N–H and O–H groups in total. The largest absolute Gasteiger partial charge is 0.493 e. The summed E-state index contributed by atoms with van der Waals surface area (Å²) in [6.45, 7) is 2.72. The number of ether oxygens (including phenoxy) is 2. The molecule has 0 unspecified atom stereocenters. The Kier molecular flexibility index (Phi) is 4.04. The number of methoxy groups -OCH3 is 2. The lowest BCUT2D eigenvalue weighted by atomic mass is 10.1. The van der Waals surface area contributed by atoms with Crippen molar-refractivity contribution in [1.29, 1.82) is 0 Å². The van der Waals surface area contributed by atoms with Gasteiger partial charge in [0, 0.05) is 28.8 Å². The van der Waals surface area contributed by atoms with Gasteiger partial charge in [-0.2, -0.15) is 0 Å². The number of thiazole rings is 1. The van der Waals surface area contributed by atoms with E-state index in [2.05, 4.69) is 16.7 Å². The van der Waals surface area contributed by atoms with Crippen molar-refractivity contribution in [3.05, 3.63) is 35.0 Å². The molecule has 22 heavy (non-hydrogen) atoms. The predicted octanol–water partition coefficient (Wildman–Crippen LogP) is 2.89. The summed E-state index contributed by atoms with van der Waals surface area (Å²) in [5, 5.41) is 2.13. The van der Waals surface area contributed by atoms with Crippen LogP contribution in [0.1, 0.15) is 11.4 Å². The highest BCUT2D eigenvalue weighted by Crippen LogP contribution is 2.34. The Bertz CT molecular complexity index is 807. The van der Waals surface area contributed by atoms with E-state index in [1.807, 2.05) is 18.2 Å². The molecule has 116 valence electrons. The van der Waals surface area contributed by atoms with Crippen LogP contribution in [0.25, 0.3) is 16.2 Å². The lowest BCUT2D eigenvalue weighted by Gasteiger charge is -2.09. The number of aromatic nitrogens is 2. The molecule has 0 amide bonds. The molecule has 0 spiro atoms. The Balaban J connectivity index is 2.12. The molecule has 1 aromatic carbocycles. The fourth-order valence-corrected chi connectivity index (χ4v) is 3.61. The van der Waals surface area contributed by atoms with E-state index in [9.17, 15) is 0 Å². The number of benzene rings is 1. The van der Waals surface area contributed by atoms with E-state index in [1.165, 1.54) is 5.69 Å². The summed E-state index contributed by atoms with van der Waals surface area (Å²) in [6.07, 6.45) is 0.850. The number of aryl methyl sites for hydroxylation is 1. The molecule has 2 heterocycles. The molecular formula is C16H19N3O2S. The average Bonchev–Trinajstić information content (AvgIpc) is 3.08. The van der Waals surface area contributed by atoms with Gasteiger partial charge in [-0.25, -0.2) is 4.98 Å². The van der Waals surface area contributed by atoms with Gasteiger partial charge in [0.2, 0.25) is 0 Å². The lowest BCUT2D eigenvalue weighted by Crippen LogP contribution is -2.05. The van der Waals surface area contributed by atoms with Gasteiger partial charge in [-0.05, 0) is 31.7 Å². The standard InChI is InChI=1S/C16H19N3O2S/c1-10-15(11-4-5-13(20-2)14(8-11)21-3)18-16-19(10)12(6-7-17)9-22-16/h4-5,8-9H,6-7,17H2,1-3H3. The lowest BCUT2D eigenvalue weighted by molar-refractivity contribution is 0.355. The maximum Gasteiger partial charge on any atom is 0.194 e. The molecular weight excluding hydrogens is 298 g/mol. The fourth-order valence-electron chi connectivity index (χ4n) is 2.64. The molecule has 0 radical (unpaired) electrons. The molecule has 3 rings (SSSR count). The first-order valence-corrected chi connectivity index (χ1v) is 7.95. The number of hydrogen-bond acceptors (Lipinski definition) is 5. The zero-order chi connectivity index (χ0) is 15.7. The molecule has 0 aliphatic carbocycles. The number of nitrogens with two attached hydrogens (primary N) is 1. The highest BCUT2D eigenvalue weighted by atomic mass is 32.1. The van der Waals surface area contributed by atoms with Gasteiger partial charge < -0.3 is 15.2 Å². The minimum Gasteiger partial charge on any atom is -0.493 e. The van der Waals surface area contributed by atoms with Gasteiger partial charge in [-0.3, -0.25) is 4.40 Å². The highest BCUT2D eigenvalue weighted by molar-refractivity contribution is 7.15. The minimum absolute atomic E-state index is 0.634. The summed E-state index contributed by atoms with van der Waals surface area (Å²) < 4.78 is 12.9. The molecule has 0 atom stereocenters. The third kappa shape index (κ3) is 2.34. The molecule has 2 aromatic heterocycles. The maximum atomic E-state index is 5.69. The Morgan fingerprint density at radius 1 is 1.23 bits per heavy atom. The van der Waals surface area contributed by atoms with Crippen LogP contribution in [0.5, 0.6) is 11.5 Å². The second-order valence-corrected chi connectivity index (χ2v) is 5.84. The number of rotatable bonds is 5. The van der Waals surface area contributed by atoms with Gasteiger partial charge in [0.15, 0.2) is 16.5 Å². The first-order valence-electron chi connectivity index (χ1n) is 7.07. The Morgan fingerprint density at radius 2 is 2.00 bits per heavy atom. The molecule has 6 heteroatoms. The van der Waals surface area contributed by atoms with Crippen LogP contribution in [0.3, 0.4) is 0 Å². The van der Waals surface area contributed by atoms with Crippen molar-refractivity contribution < 1.29 is 9.47 Å². The van der Waals surface area contributed by atoms with Crippen LogP contribution in [-0.2, 0) is 6.42 Å². The monoisotopic (exact) mass is 317 g/mol.